The lowest BCUT2D eigenvalue weighted by Gasteiger charge is -2.24. The van der Waals surface area contributed by atoms with E-state index >= 15 is 0 Å². The van der Waals surface area contributed by atoms with Gasteiger partial charge in [0, 0.05) is 12.2 Å². The molecule has 0 saturated heterocycles. The van der Waals surface area contributed by atoms with Crippen LogP contribution in [0.4, 0.5) is 0 Å². The average molecular weight is 193 g/mol. The van der Waals surface area contributed by atoms with Gasteiger partial charge in [-0.25, -0.2) is 0 Å². The highest BCUT2D eigenvalue weighted by molar-refractivity contribution is 5.83. The molecule has 1 aromatic rings. The Bertz CT molecular complexity index is 351. The van der Waals surface area contributed by atoms with Gasteiger partial charge in [-0.2, -0.15) is 5.48 Å². The van der Waals surface area contributed by atoms with Crippen LogP contribution in [0.2, 0.25) is 0 Å². The summed E-state index contributed by atoms with van der Waals surface area (Å²) in [5, 5.41) is 0. The summed E-state index contributed by atoms with van der Waals surface area (Å²) in [6, 6.07) is 7.32. The number of amides is 1. The Morgan fingerprint density at radius 3 is 3.07 bits per heavy atom. The fraction of sp³-hybridized carbons (Fsp3) is 0.300. The van der Waals surface area contributed by atoms with Gasteiger partial charge in [0.25, 0.3) is 5.91 Å². The molecule has 0 fully saturated rings. The van der Waals surface area contributed by atoms with Gasteiger partial charge in [0.05, 0.1) is 0 Å². The number of nitrogens with one attached hydrogen (secondary N) is 1. The Morgan fingerprint density at radius 1 is 1.50 bits per heavy atom. The molecular weight excluding hydrogens is 182 g/mol. The zero-order valence-electron chi connectivity index (χ0n) is 7.82. The number of carbonyl (C=O) groups is 1. The minimum atomic E-state index is -0.551. The van der Waals surface area contributed by atoms with E-state index < -0.39 is 6.10 Å². The van der Waals surface area contributed by atoms with Gasteiger partial charge in [-0.15, -0.1) is 0 Å². The zero-order chi connectivity index (χ0) is 9.97. The van der Waals surface area contributed by atoms with Gasteiger partial charge in [0.15, 0.2) is 11.9 Å². The van der Waals surface area contributed by atoms with Gasteiger partial charge in [0.2, 0.25) is 0 Å². The van der Waals surface area contributed by atoms with Crippen molar-refractivity contribution in [2.45, 2.75) is 13.0 Å². The van der Waals surface area contributed by atoms with E-state index in [2.05, 4.69) is 5.48 Å². The first-order valence-corrected chi connectivity index (χ1v) is 4.50. The van der Waals surface area contributed by atoms with Crippen LogP contribution in [0.15, 0.2) is 24.3 Å². The molecule has 1 aliphatic heterocycles. The molecule has 0 spiro atoms. The minimum Gasteiger partial charge on any atom is -0.379 e. The molecule has 1 aromatic carbocycles. The second-order valence-electron chi connectivity index (χ2n) is 2.94. The highest BCUT2D eigenvalue weighted by Crippen LogP contribution is 2.30. The molecule has 2 rings (SSSR count). The molecule has 1 amide bonds. The maximum absolute atomic E-state index is 11.4. The van der Waals surface area contributed by atoms with E-state index in [9.17, 15) is 4.79 Å². The lowest BCUT2D eigenvalue weighted by Crippen LogP contribution is -2.38. The van der Waals surface area contributed by atoms with Crippen molar-refractivity contribution in [1.29, 1.82) is 0 Å². The van der Waals surface area contributed by atoms with Gasteiger partial charge in [-0.3, -0.25) is 4.79 Å². The fourth-order valence-corrected chi connectivity index (χ4v) is 1.42. The lowest BCUT2D eigenvalue weighted by molar-refractivity contribution is -0.142. The number of hydrogen-bond acceptors (Lipinski definition) is 3. The molecule has 1 unspecified atom stereocenters. The minimum absolute atomic E-state index is 0.259. The van der Waals surface area contributed by atoms with E-state index in [1.165, 1.54) is 0 Å². The molecule has 1 aliphatic rings. The van der Waals surface area contributed by atoms with Crippen molar-refractivity contribution in [3.63, 3.8) is 0 Å². The van der Waals surface area contributed by atoms with Crippen LogP contribution < -0.4 is 10.3 Å². The topological polar surface area (TPSA) is 47.6 Å². The molecule has 1 N–H and O–H groups in total. The summed E-state index contributed by atoms with van der Waals surface area (Å²) < 4.78 is 5.33. The van der Waals surface area contributed by atoms with Gasteiger partial charge < -0.3 is 9.57 Å². The molecule has 0 aliphatic carbocycles. The third-order valence-corrected chi connectivity index (χ3v) is 2.03. The van der Waals surface area contributed by atoms with Crippen molar-refractivity contribution < 1.29 is 14.4 Å². The number of carbonyl (C=O) groups excluding carboxylic acids is 1. The summed E-state index contributed by atoms with van der Waals surface area (Å²) in [7, 11) is 0. The smallest absolute Gasteiger partial charge is 0.286 e. The molecule has 4 nitrogen and oxygen atoms in total. The lowest BCUT2D eigenvalue weighted by atomic mass is 10.1. The standard InChI is InChI=1S/C10H11NO3/c1-2-13-9-7-5-3-4-6-8(7)14-11-10(9)12/h3-6,9H,2H2,1H3,(H,11,12). The van der Waals surface area contributed by atoms with E-state index in [1.807, 2.05) is 25.1 Å². The van der Waals surface area contributed by atoms with Crippen LogP contribution in [-0.4, -0.2) is 12.5 Å². The van der Waals surface area contributed by atoms with Crippen LogP contribution in [0.25, 0.3) is 0 Å². The van der Waals surface area contributed by atoms with Crippen molar-refractivity contribution in [2.24, 2.45) is 0 Å². The SMILES string of the molecule is CCOC1C(=O)NOc2ccccc21. The van der Waals surface area contributed by atoms with E-state index in [0.717, 1.165) is 5.56 Å². The van der Waals surface area contributed by atoms with Crippen LogP contribution >= 0.6 is 0 Å². The summed E-state index contributed by atoms with van der Waals surface area (Å²) >= 11 is 0. The Kier molecular flexibility index (Phi) is 2.37. The zero-order valence-corrected chi connectivity index (χ0v) is 7.82. The highest BCUT2D eigenvalue weighted by Gasteiger charge is 2.29. The summed E-state index contributed by atoms with van der Waals surface area (Å²) in [6.45, 7) is 2.35. The highest BCUT2D eigenvalue weighted by atomic mass is 16.7. The molecule has 1 atom stereocenters. The van der Waals surface area contributed by atoms with Crippen LogP contribution in [0.3, 0.4) is 0 Å². The van der Waals surface area contributed by atoms with Crippen molar-refractivity contribution in [1.82, 2.24) is 5.48 Å². The Balaban J connectivity index is 2.36. The third-order valence-electron chi connectivity index (χ3n) is 2.03. The first-order chi connectivity index (χ1) is 6.83. The summed E-state index contributed by atoms with van der Waals surface area (Å²) in [5.41, 5.74) is 3.09. The maximum atomic E-state index is 11.4. The normalized spacial score (nSPS) is 19.5. The second-order valence-corrected chi connectivity index (χ2v) is 2.94. The largest absolute Gasteiger partial charge is 0.379 e. The number of rotatable bonds is 2. The van der Waals surface area contributed by atoms with Gasteiger partial charge >= 0.3 is 0 Å². The number of benzene rings is 1. The number of para-hydroxylation sites is 1. The predicted molar refractivity (Wildman–Crippen MR) is 49.6 cm³/mol. The van der Waals surface area contributed by atoms with Gasteiger partial charge in [-0.05, 0) is 13.0 Å². The van der Waals surface area contributed by atoms with Crippen molar-refractivity contribution in [3.05, 3.63) is 29.8 Å². The molecular formula is C10H11NO3. The summed E-state index contributed by atoms with van der Waals surface area (Å²) in [5.74, 6) is 0.385. The fourth-order valence-electron chi connectivity index (χ4n) is 1.42. The Hall–Kier alpha value is -1.55. The third kappa shape index (κ3) is 1.44. The average Bonchev–Trinajstić information content (AvgIpc) is 2.23. The first kappa shape index (κ1) is 9.02. The van der Waals surface area contributed by atoms with Crippen molar-refractivity contribution in [2.75, 3.05) is 6.61 Å². The number of ether oxygens (including phenoxy) is 1. The number of hydrogen-bond donors (Lipinski definition) is 1. The molecule has 0 saturated carbocycles. The van der Waals surface area contributed by atoms with Crippen molar-refractivity contribution in [3.8, 4) is 5.75 Å². The maximum Gasteiger partial charge on any atom is 0.286 e. The van der Waals surface area contributed by atoms with Gasteiger partial charge in [-0.1, -0.05) is 18.2 Å². The summed E-state index contributed by atoms with van der Waals surface area (Å²) in [4.78, 5) is 16.4. The van der Waals surface area contributed by atoms with E-state index in [0.29, 0.717) is 12.4 Å². The van der Waals surface area contributed by atoms with Crippen LogP contribution in [0.5, 0.6) is 5.75 Å². The van der Waals surface area contributed by atoms with Crippen molar-refractivity contribution >= 4 is 5.91 Å². The molecule has 0 bridgehead atoms. The predicted octanol–water partition coefficient (Wildman–Crippen LogP) is 1.19. The molecule has 4 heteroatoms. The Labute approximate surface area is 81.8 Å². The molecule has 0 radical (unpaired) electrons. The van der Waals surface area contributed by atoms with Crippen LogP contribution in [0, 0.1) is 0 Å². The molecule has 14 heavy (non-hydrogen) atoms. The van der Waals surface area contributed by atoms with Crippen LogP contribution in [-0.2, 0) is 9.53 Å². The van der Waals surface area contributed by atoms with E-state index in [-0.39, 0.29) is 5.91 Å². The molecule has 0 aromatic heterocycles. The molecule has 74 valence electrons. The number of hydroxylamine groups is 1. The Morgan fingerprint density at radius 2 is 2.29 bits per heavy atom. The van der Waals surface area contributed by atoms with E-state index in [1.54, 1.807) is 6.07 Å². The monoisotopic (exact) mass is 193 g/mol. The first-order valence-electron chi connectivity index (χ1n) is 4.50. The second kappa shape index (κ2) is 3.67. The number of fused-ring (bicyclic) bond motifs is 1. The van der Waals surface area contributed by atoms with Gasteiger partial charge in [0.1, 0.15) is 0 Å². The van der Waals surface area contributed by atoms with Crippen LogP contribution in [0.1, 0.15) is 18.6 Å². The van der Waals surface area contributed by atoms with E-state index in [4.69, 9.17) is 9.57 Å². The quantitative estimate of drug-likeness (QED) is 0.767. The summed E-state index contributed by atoms with van der Waals surface area (Å²) in [6.07, 6.45) is -0.551. The molecule has 1 heterocycles.